The van der Waals surface area contributed by atoms with Crippen molar-refractivity contribution in [2.45, 2.75) is 0 Å². The number of hydrogen-bond donors (Lipinski definition) is 0. The summed E-state index contributed by atoms with van der Waals surface area (Å²) in [6.45, 7) is 0. The molecule has 0 fully saturated rings. The molecule has 2 heteroatoms. The first-order valence-corrected chi connectivity index (χ1v) is 6.51. The van der Waals surface area contributed by atoms with E-state index in [1.165, 1.54) is 19.7 Å². The van der Waals surface area contributed by atoms with Gasteiger partial charge in [-0.15, -0.1) is 0 Å². The first kappa shape index (κ1) is 6.90. The Morgan fingerprint density at radius 1 is 1.08 bits per heavy atom. The third-order valence-corrected chi connectivity index (χ3v) is 4.86. The summed E-state index contributed by atoms with van der Waals surface area (Å²) in [4.78, 5) is 2.30. The van der Waals surface area contributed by atoms with E-state index in [-0.39, 0.29) is 0 Å². The molecule has 0 aliphatic rings. The Balaban J connectivity index is 2.71. The van der Waals surface area contributed by atoms with Crippen molar-refractivity contribution in [3.63, 3.8) is 0 Å². The average molecular weight is 237 g/mol. The Bertz CT molecular complexity index is 483. The molecule has 0 bridgehead atoms. The molecular weight excluding hydrogens is 231 g/mol. The second-order valence-electron chi connectivity index (χ2n) is 2.74. The summed E-state index contributed by atoms with van der Waals surface area (Å²) in [7, 11) is 0. The first-order valence-electron chi connectivity index (χ1n) is 3.78. The van der Waals surface area contributed by atoms with Crippen LogP contribution in [-0.4, -0.2) is 14.5 Å². The Morgan fingerprint density at radius 2 is 2.08 bits per heavy atom. The van der Waals surface area contributed by atoms with Crippen LogP contribution >= 0.6 is 11.3 Å². The Kier molecular flexibility index (Phi) is 1.42. The van der Waals surface area contributed by atoms with Gasteiger partial charge in [0.2, 0.25) is 0 Å². The van der Waals surface area contributed by atoms with Gasteiger partial charge >= 0.3 is 80.2 Å². The van der Waals surface area contributed by atoms with Crippen LogP contribution in [-0.2, 0) is 0 Å². The van der Waals surface area contributed by atoms with Crippen molar-refractivity contribution in [1.82, 2.24) is 0 Å². The predicted octanol–water partition coefficient (Wildman–Crippen LogP) is 3.11. The van der Waals surface area contributed by atoms with E-state index in [4.69, 9.17) is 0 Å². The Labute approximate surface area is 80.2 Å². The number of benzene rings is 1. The molecule has 12 heavy (non-hydrogen) atoms. The van der Waals surface area contributed by atoms with Crippen LogP contribution in [0.3, 0.4) is 0 Å². The van der Waals surface area contributed by atoms with Crippen molar-refractivity contribution in [3.8, 4) is 0 Å². The molecular formula is C10H6SSe. The minimum atomic E-state index is 0.591. The van der Waals surface area contributed by atoms with Gasteiger partial charge in [-0.1, -0.05) is 0 Å². The maximum absolute atomic E-state index is 2.30. The summed E-state index contributed by atoms with van der Waals surface area (Å²) in [5.74, 6) is 0. The van der Waals surface area contributed by atoms with E-state index in [0.29, 0.717) is 14.5 Å². The molecule has 0 saturated heterocycles. The fourth-order valence-corrected chi connectivity index (χ4v) is 4.21. The van der Waals surface area contributed by atoms with Crippen LogP contribution in [0.25, 0.3) is 19.7 Å². The molecule has 0 aliphatic carbocycles. The molecule has 2 heterocycles. The second-order valence-corrected chi connectivity index (χ2v) is 5.64. The van der Waals surface area contributed by atoms with Crippen LogP contribution in [0.15, 0.2) is 34.6 Å². The molecule has 0 atom stereocenters. The van der Waals surface area contributed by atoms with Crippen LogP contribution in [0.4, 0.5) is 0 Å². The third kappa shape index (κ3) is 0.831. The summed E-state index contributed by atoms with van der Waals surface area (Å²) in [6.07, 6.45) is 0. The van der Waals surface area contributed by atoms with Crippen molar-refractivity contribution in [2.24, 2.45) is 0 Å². The fourth-order valence-electron chi connectivity index (χ4n) is 1.47. The van der Waals surface area contributed by atoms with Gasteiger partial charge in [0.25, 0.3) is 0 Å². The van der Waals surface area contributed by atoms with E-state index in [1.54, 1.807) is 0 Å². The van der Waals surface area contributed by atoms with E-state index in [0.717, 1.165) is 0 Å². The summed E-state index contributed by atoms with van der Waals surface area (Å²) in [5.41, 5.74) is 0. The van der Waals surface area contributed by atoms with Crippen LogP contribution < -0.4 is 0 Å². The van der Waals surface area contributed by atoms with Crippen LogP contribution in [0.1, 0.15) is 0 Å². The van der Waals surface area contributed by atoms with Crippen molar-refractivity contribution in [1.29, 1.82) is 0 Å². The molecule has 0 saturated carbocycles. The van der Waals surface area contributed by atoms with Gasteiger partial charge in [-0.2, -0.15) is 0 Å². The first-order chi connectivity index (χ1) is 5.95. The molecule has 3 rings (SSSR count). The Hall–Kier alpha value is -0.561. The molecule has 0 radical (unpaired) electrons. The second kappa shape index (κ2) is 2.46. The third-order valence-electron chi connectivity index (χ3n) is 2.05. The molecule has 58 valence electrons. The van der Waals surface area contributed by atoms with Gasteiger partial charge in [0.15, 0.2) is 0 Å². The van der Waals surface area contributed by atoms with Crippen molar-refractivity contribution >= 4 is 45.6 Å². The summed E-state index contributed by atoms with van der Waals surface area (Å²) < 4.78 is 3.00. The minimum absolute atomic E-state index is 0.591. The van der Waals surface area contributed by atoms with Gasteiger partial charge in [0.1, 0.15) is 0 Å². The van der Waals surface area contributed by atoms with E-state index < -0.39 is 0 Å². The fraction of sp³-hybridized carbons (Fsp3) is 0. The predicted molar refractivity (Wildman–Crippen MR) is 56.3 cm³/mol. The number of rotatable bonds is 0. The van der Waals surface area contributed by atoms with Crippen LogP contribution in [0.2, 0.25) is 0 Å². The van der Waals surface area contributed by atoms with E-state index in [9.17, 15) is 0 Å². The molecule has 0 unspecified atom stereocenters. The summed E-state index contributed by atoms with van der Waals surface area (Å²) in [5, 5.41) is 5.04. The zero-order valence-electron chi connectivity index (χ0n) is 6.28. The molecule has 0 N–H and O–H groups in total. The van der Waals surface area contributed by atoms with Crippen LogP contribution in [0.5, 0.6) is 0 Å². The topological polar surface area (TPSA) is 0 Å². The molecule has 0 aliphatic heterocycles. The number of hydrogen-bond acceptors (Lipinski definition) is 1. The van der Waals surface area contributed by atoms with Gasteiger partial charge in [0.05, 0.1) is 0 Å². The van der Waals surface area contributed by atoms with Gasteiger partial charge in [-0.05, 0) is 0 Å². The normalized spacial score (nSPS) is 11.3. The standard InChI is InChI=1S/C10H6SSe/c1-2-9-8(4-6-12-9)10-7(1)3-5-11-10/h1-6H. The van der Waals surface area contributed by atoms with E-state index in [2.05, 4.69) is 34.6 Å². The zero-order chi connectivity index (χ0) is 7.97. The zero-order valence-corrected chi connectivity index (χ0v) is 8.81. The maximum atomic E-state index is 2.30. The quantitative estimate of drug-likeness (QED) is 0.527. The molecule has 0 spiro atoms. The van der Waals surface area contributed by atoms with Crippen molar-refractivity contribution < 1.29 is 0 Å². The van der Waals surface area contributed by atoms with Crippen molar-refractivity contribution in [3.05, 3.63) is 34.6 Å². The summed E-state index contributed by atoms with van der Waals surface area (Å²) in [6, 6.07) is 8.97. The molecule has 3 aromatic rings. The van der Waals surface area contributed by atoms with Gasteiger partial charge in [-0.25, -0.2) is 0 Å². The number of fused-ring (bicyclic) bond motifs is 3. The number of thiophene rings is 1. The molecule has 1 aromatic carbocycles. The molecule has 2 aromatic heterocycles. The van der Waals surface area contributed by atoms with Crippen molar-refractivity contribution in [2.75, 3.05) is 0 Å². The monoisotopic (exact) mass is 238 g/mol. The Morgan fingerprint density at radius 3 is 3.08 bits per heavy atom. The van der Waals surface area contributed by atoms with E-state index >= 15 is 0 Å². The van der Waals surface area contributed by atoms with Gasteiger partial charge < -0.3 is 0 Å². The molecule has 0 nitrogen and oxygen atoms in total. The van der Waals surface area contributed by atoms with Gasteiger partial charge in [-0.3, -0.25) is 0 Å². The SMILES string of the molecule is c1cc2ccc3[se]ccc3c2s1. The van der Waals surface area contributed by atoms with Gasteiger partial charge in [0, 0.05) is 0 Å². The van der Waals surface area contributed by atoms with E-state index in [1.807, 2.05) is 11.3 Å². The summed E-state index contributed by atoms with van der Waals surface area (Å²) >= 11 is 2.44. The van der Waals surface area contributed by atoms with Crippen LogP contribution in [0, 0.1) is 0 Å². The molecule has 0 amide bonds. The average Bonchev–Trinajstić information content (AvgIpc) is 2.71.